The molecule has 2 fully saturated rings. The van der Waals surface area contributed by atoms with Crippen LogP contribution in [0.1, 0.15) is 90.0 Å². The third kappa shape index (κ3) is 6.13. The van der Waals surface area contributed by atoms with Crippen molar-refractivity contribution in [2.45, 2.75) is 96.4 Å². The van der Waals surface area contributed by atoms with Crippen LogP contribution >= 0.6 is 0 Å². The zero-order valence-electron chi connectivity index (χ0n) is 28.8. The summed E-state index contributed by atoms with van der Waals surface area (Å²) in [6.07, 6.45) is 10.3. The van der Waals surface area contributed by atoms with Crippen molar-refractivity contribution in [2.24, 2.45) is 34.5 Å². The first-order valence-corrected chi connectivity index (χ1v) is 20.1. The molecule has 1 aromatic heterocycles. The van der Waals surface area contributed by atoms with E-state index in [1.165, 1.54) is 16.7 Å². The second-order valence-electron chi connectivity index (χ2n) is 16.3. The van der Waals surface area contributed by atoms with E-state index in [-0.39, 0.29) is 47.0 Å². The van der Waals surface area contributed by atoms with Crippen molar-refractivity contribution in [3.63, 3.8) is 0 Å². The van der Waals surface area contributed by atoms with Gasteiger partial charge < -0.3 is 19.1 Å². The molecule has 7 atom stereocenters. The zero-order chi connectivity index (χ0) is 32.6. The molecule has 2 aromatic carbocycles. The normalized spacial score (nSPS) is 31.8. The smallest absolute Gasteiger partial charge is 0.207 e. The zero-order valence-corrected chi connectivity index (χ0v) is 29.8. The Morgan fingerprint density at radius 3 is 2.02 bits per heavy atom. The molecular weight excluding hydrogens is 585 g/mol. The van der Waals surface area contributed by atoms with Gasteiger partial charge in [-0.15, -0.1) is 0 Å². The van der Waals surface area contributed by atoms with Gasteiger partial charge in [-0.1, -0.05) is 101 Å². The lowest BCUT2D eigenvalue weighted by Crippen LogP contribution is -2.57. The quantitative estimate of drug-likeness (QED) is 0.217. The largest absolute Gasteiger partial charge is 0.465 e. The van der Waals surface area contributed by atoms with Crippen LogP contribution in [0, 0.1) is 34.5 Å². The Hall–Kier alpha value is -2.44. The Balaban J connectivity index is 1.25. The number of aliphatic hydroxyl groups is 2. The molecule has 248 valence electrons. The molecule has 4 nitrogen and oxygen atoms in total. The Morgan fingerprint density at radius 1 is 0.826 bits per heavy atom. The molecule has 0 amide bonds. The van der Waals surface area contributed by atoms with Crippen LogP contribution < -0.4 is 0 Å². The predicted octanol–water partition coefficient (Wildman–Crippen LogP) is 9.20. The number of hydrogen-bond donors (Lipinski definition) is 2. The SMILES string of the molecule is CC(C)(C)[Si](Cc1ccccc1)(Cc1ccccc1)O[C@H]1CC[C@](C)([C@H]2CC[C@]3(C)C(c4ccco4)=CC[C@H]3[C@@H]2CO)[C@@H](CO)C1. The summed E-state index contributed by atoms with van der Waals surface area (Å²) in [5.41, 5.74) is 4.01. The fraction of sp³-hybridized carbons (Fsp3) is 0.561. The maximum absolute atomic E-state index is 11.0. The minimum atomic E-state index is -2.41. The van der Waals surface area contributed by atoms with E-state index in [0.717, 1.165) is 56.4 Å². The molecule has 3 aromatic rings. The molecule has 2 saturated carbocycles. The number of aliphatic hydroxyl groups excluding tert-OH is 2. The van der Waals surface area contributed by atoms with E-state index in [4.69, 9.17) is 8.84 Å². The van der Waals surface area contributed by atoms with Crippen LogP contribution in [0.5, 0.6) is 0 Å². The third-order valence-electron chi connectivity index (χ3n) is 13.0. The lowest BCUT2D eigenvalue weighted by Gasteiger charge is -2.57. The second kappa shape index (κ2) is 13.2. The summed E-state index contributed by atoms with van der Waals surface area (Å²) in [6.45, 7) is 12.4. The highest BCUT2D eigenvalue weighted by molar-refractivity contribution is 6.75. The molecule has 2 N–H and O–H groups in total. The number of hydrogen-bond acceptors (Lipinski definition) is 4. The highest BCUT2D eigenvalue weighted by Crippen LogP contribution is 2.64. The van der Waals surface area contributed by atoms with Gasteiger partial charge in [0, 0.05) is 19.3 Å². The van der Waals surface area contributed by atoms with Gasteiger partial charge in [-0.05, 0) is 119 Å². The minimum absolute atomic E-state index is 0.0138. The van der Waals surface area contributed by atoms with E-state index in [2.05, 4.69) is 107 Å². The molecule has 3 aliphatic carbocycles. The van der Waals surface area contributed by atoms with Crippen molar-refractivity contribution in [1.82, 2.24) is 0 Å². The van der Waals surface area contributed by atoms with Gasteiger partial charge in [0.2, 0.25) is 8.32 Å². The van der Waals surface area contributed by atoms with Crippen molar-refractivity contribution in [3.05, 3.63) is 102 Å². The van der Waals surface area contributed by atoms with Crippen LogP contribution in [-0.2, 0) is 16.5 Å². The molecular formula is C41H56O4Si. The van der Waals surface area contributed by atoms with Gasteiger partial charge in [-0.2, -0.15) is 0 Å². The summed E-state index contributed by atoms with van der Waals surface area (Å²) in [4.78, 5) is 0. The first-order chi connectivity index (χ1) is 22.0. The Kier molecular flexibility index (Phi) is 9.62. The van der Waals surface area contributed by atoms with Gasteiger partial charge in [-0.25, -0.2) is 0 Å². The molecule has 0 aliphatic heterocycles. The maximum atomic E-state index is 11.0. The Bertz CT molecular complexity index is 1400. The van der Waals surface area contributed by atoms with E-state index in [0.29, 0.717) is 11.8 Å². The van der Waals surface area contributed by atoms with E-state index in [1.54, 1.807) is 6.26 Å². The average molecular weight is 641 g/mol. The van der Waals surface area contributed by atoms with Crippen LogP contribution in [0.2, 0.25) is 5.04 Å². The molecule has 0 radical (unpaired) electrons. The number of allylic oxidation sites excluding steroid dienone is 2. The van der Waals surface area contributed by atoms with Gasteiger partial charge in [0.05, 0.1) is 6.26 Å². The van der Waals surface area contributed by atoms with E-state index in [9.17, 15) is 10.2 Å². The van der Waals surface area contributed by atoms with Crippen LogP contribution in [0.25, 0.3) is 5.57 Å². The Morgan fingerprint density at radius 2 is 1.48 bits per heavy atom. The van der Waals surface area contributed by atoms with Crippen LogP contribution in [0.15, 0.2) is 89.6 Å². The summed E-state index contributed by atoms with van der Waals surface area (Å²) >= 11 is 0. The highest BCUT2D eigenvalue weighted by Gasteiger charge is 2.58. The fourth-order valence-electron chi connectivity index (χ4n) is 10.0. The van der Waals surface area contributed by atoms with Crippen molar-refractivity contribution < 1.29 is 19.1 Å². The molecule has 0 unspecified atom stereocenters. The van der Waals surface area contributed by atoms with E-state index >= 15 is 0 Å². The number of furan rings is 1. The topological polar surface area (TPSA) is 62.8 Å². The van der Waals surface area contributed by atoms with Gasteiger partial charge in [0.15, 0.2) is 0 Å². The molecule has 0 bridgehead atoms. The average Bonchev–Trinajstić information content (AvgIpc) is 3.69. The van der Waals surface area contributed by atoms with Crippen LogP contribution in [0.4, 0.5) is 0 Å². The Labute approximate surface area is 278 Å². The summed E-state index contributed by atoms with van der Waals surface area (Å²) < 4.78 is 13.5. The number of rotatable bonds is 10. The van der Waals surface area contributed by atoms with E-state index in [1.807, 2.05) is 6.07 Å². The molecule has 0 saturated heterocycles. The minimum Gasteiger partial charge on any atom is -0.465 e. The molecule has 46 heavy (non-hydrogen) atoms. The lowest BCUT2D eigenvalue weighted by molar-refractivity contribution is -0.102. The molecule has 6 rings (SSSR count). The molecule has 0 spiro atoms. The monoisotopic (exact) mass is 640 g/mol. The molecule has 3 aliphatic rings. The van der Waals surface area contributed by atoms with Crippen molar-refractivity contribution in [1.29, 1.82) is 0 Å². The standard InChI is InChI=1S/C41H56O4Si/c1-39(2,3)46(28-30-13-8-6-9-14-30,29-31-15-10-7-11-16-31)45-33-20-22-40(4,32(25-33)26-42)36-21-23-41(5)35(34(36)27-43)18-19-37(41)38-17-12-24-44-38/h6-17,19,24,32-36,42-43H,18,20-23,25-29H2,1-5H3/t32-,33+,34+,35+,36+,40+,41+/m1/s1. The highest BCUT2D eigenvalue weighted by atomic mass is 28.4. The first kappa shape index (κ1) is 33.5. The van der Waals surface area contributed by atoms with Crippen LogP contribution in [-0.4, -0.2) is 37.8 Å². The first-order valence-electron chi connectivity index (χ1n) is 17.7. The summed E-state index contributed by atoms with van der Waals surface area (Å²) in [7, 11) is -2.41. The van der Waals surface area contributed by atoms with Gasteiger partial charge in [-0.3, -0.25) is 0 Å². The van der Waals surface area contributed by atoms with Gasteiger partial charge in [0.25, 0.3) is 0 Å². The summed E-state index contributed by atoms with van der Waals surface area (Å²) in [6, 6.07) is 27.9. The fourth-order valence-corrected chi connectivity index (χ4v) is 14.4. The second-order valence-corrected chi connectivity index (χ2v) is 20.7. The number of benzene rings is 2. The van der Waals surface area contributed by atoms with Crippen LogP contribution in [0.3, 0.4) is 0 Å². The summed E-state index contributed by atoms with van der Waals surface area (Å²) in [5.74, 6) is 2.09. The maximum Gasteiger partial charge on any atom is 0.207 e. The van der Waals surface area contributed by atoms with Crippen molar-refractivity contribution >= 4 is 13.9 Å². The van der Waals surface area contributed by atoms with Gasteiger partial charge in [0.1, 0.15) is 5.76 Å². The van der Waals surface area contributed by atoms with Crippen molar-refractivity contribution in [3.8, 4) is 0 Å². The van der Waals surface area contributed by atoms with Crippen molar-refractivity contribution in [2.75, 3.05) is 13.2 Å². The van der Waals surface area contributed by atoms with Gasteiger partial charge >= 0.3 is 0 Å². The number of fused-ring (bicyclic) bond motifs is 1. The molecule has 5 heteroatoms. The lowest BCUT2D eigenvalue weighted by atomic mass is 9.49. The summed E-state index contributed by atoms with van der Waals surface area (Å²) in [5, 5.41) is 22.0. The predicted molar refractivity (Wildman–Crippen MR) is 189 cm³/mol. The third-order valence-corrected chi connectivity index (χ3v) is 18.5. The molecule has 1 heterocycles. The van der Waals surface area contributed by atoms with E-state index < -0.39 is 8.32 Å².